The van der Waals surface area contributed by atoms with Crippen molar-refractivity contribution in [1.82, 2.24) is 19.9 Å². The predicted molar refractivity (Wildman–Crippen MR) is 126 cm³/mol. The number of rotatable bonds is 9. The average molecular weight is 429 g/mol. The Kier molecular flexibility index (Phi) is 6.80. The number of amides is 1. The summed E-state index contributed by atoms with van der Waals surface area (Å²) in [5.41, 5.74) is 4.98. The number of aryl methyl sites for hydroxylation is 3. The van der Waals surface area contributed by atoms with Gasteiger partial charge in [0.25, 0.3) is 5.91 Å². The van der Waals surface area contributed by atoms with Crippen molar-refractivity contribution in [3.8, 4) is 5.75 Å². The van der Waals surface area contributed by atoms with Gasteiger partial charge in [0.2, 0.25) is 0 Å². The molecule has 2 aromatic heterocycles. The standard InChI is InChI=1S/C26H28N4O2/c1-19-10-11-20(2)24(17-19)32-16-6-15-30-23-9-4-3-8-22(23)29-25(30)12-14-28-26(31)21-7-5-13-27-18-21/h3-5,7-11,13,17-18H,6,12,14-16H2,1-2H3,(H,28,31). The highest BCUT2D eigenvalue weighted by Gasteiger charge is 2.12. The molecular weight excluding hydrogens is 400 g/mol. The summed E-state index contributed by atoms with van der Waals surface area (Å²) in [7, 11) is 0. The molecule has 4 rings (SSSR count). The van der Waals surface area contributed by atoms with Crippen molar-refractivity contribution in [2.24, 2.45) is 0 Å². The average Bonchev–Trinajstić information content (AvgIpc) is 3.16. The van der Waals surface area contributed by atoms with Crippen LogP contribution in [0.2, 0.25) is 0 Å². The van der Waals surface area contributed by atoms with E-state index in [9.17, 15) is 4.79 Å². The molecule has 0 atom stereocenters. The molecule has 0 saturated carbocycles. The first-order valence-electron chi connectivity index (χ1n) is 10.9. The van der Waals surface area contributed by atoms with E-state index in [0.29, 0.717) is 25.1 Å². The first-order chi connectivity index (χ1) is 15.6. The highest BCUT2D eigenvalue weighted by molar-refractivity contribution is 5.93. The first kappa shape index (κ1) is 21.6. The number of imidazole rings is 1. The van der Waals surface area contributed by atoms with E-state index >= 15 is 0 Å². The third-order valence-corrected chi connectivity index (χ3v) is 5.42. The maximum absolute atomic E-state index is 12.3. The minimum absolute atomic E-state index is 0.123. The van der Waals surface area contributed by atoms with Gasteiger partial charge in [-0.15, -0.1) is 0 Å². The van der Waals surface area contributed by atoms with Crippen LogP contribution in [0.3, 0.4) is 0 Å². The van der Waals surface area contributed by atoms with E-state index in [4.69, 9.17) is 9.72 Å². The van der Waals surface area contributed by atoms with Crippen molar-refractivity contribution in [2.45, 2.75) is 33.2 Å². The number of hydrogen-bond acceptors (Lipinski definition) is 4. The molecule has 0 fully saturated rings. The van der Waals surface area contributed by atoms with E-state index in [0.717, 1.165) is 41.1 Å². The normalized spacial score (nSPS) is 10.9. The second kappa shape index (κ2) is 10.1. The molecule has 0 unspecified atom stereocenters. The zero-order chi connectivity index (χ0) is 22.3. The number of nitrogens with zero attached hydrogens (tertiary/aromatic N) is 3. The molecule has 0 spiro atoms. The number of ether oxygens (including phenoxy) is 1. The van der Waals surface area contributed by atoms with Gasteiger partial charge in [0, 0.05) is 31.9 Å². The van der Waals surface area contributed by atoms with Gasteiger partial charge in [-0.1, -0.05) is 24.3 Å². The molecule has 0 saturated heterocycles. The highest BCUT2D eigenvalue weighted by atomic mass is 16.5. The van der Waals surface area contributed by atoms with Crippen molar-refractivity contribution in [3.05, 3.63) is 89.5 Å². The number of carbonyl (C=O) groups excluding carboxylic acids is 1. The first-order valence-corrected chi connectivity index (χ1v) is 10.9. The molecule has 2 heterocycles. The lowest BCUT2D eigenvalue weighted by atomic mass is 10.1. The van der Waals surface area contributed by atoms with Crippen LogP contribution in [0, 0.1) is 13.8 Å². The zero-order valence-electron chi connectivity index (χ0n) is 18.5. The Labute approximate surface area is 188 Å². The van der Waals surface area contributed by atoms with Gasteiger partial charge in [0.1, 0.15) is 11.6 Å². The number of benzene rings is 2. The van der Waals surface area contributed by atoms with Gasteiger partial charge in [0.05, 0.1) is 23.2 Å². The van der Waals surface area contributed by atoms with E-state index in [1.165, 1.54) is 5.56 Å². The van der Waals surface area contributed by atoms with E-state index in [2.05, 4.69) is 53.0 Å². The second-order valence-electron chi connectivity index (χ2n) is 7.89. The molecule has 4 aromatic rings. The SMILES string of the molecule is Cc1ccc(C)c(OCCCn2c(CCNC(=O)c3cccnc3)nc3ccccc32)c1. The fourth-order valence-electron chi connectivity index (χ4n) is 3.72. The molecule has 32 heavy (non-hydrogen) atoms. The Hall–Kier alpha value is -3.67. The molecule has 164 valence electrons. The van der Waals surface area contributed by atoms with Crippen LogP contribution >= 0.6 is 0 Å². The Morgan fingerprint density at radius 3 is 2.81 bits per heavy atom. The molecule has 0 aliphatic heterocycles. The van der Waals surface area contributed by atoms with Gasteiger partial charge in [-0.2, -0.15) is 0 Å². The number of pyridine rings is 1. The summed E-state index contributed by atoms with van der Waals surface area (Å²) in [5.74, 6) is 1.78. The fourth-order valence-corrected chi connectivity index (χ4v) is 3.72. The molecule has 6 heteroatoms. The van der Waals surface area contributed by atoms with E-state index < -0.39 is 0 Å². The predicted octanol–water partition coefficient (Wildman–Crippen LogP) is 4.49. The second-order valence-corrected chi connectivity index (χ2v) is 7.89. The van der Waals surface area contributed by atoms with Crippen LogP contribution in [0.4, 0.5) is 0 Å². The number of aromatic nitrogens is 3. The van der Waals surface area contributed by atoms with Crippen LogP contribution in [-0.2, 0) is 13.0 Å². The summed E-state index contributed by atoms with van der Waals surface area (Å²) in [5, 5.41) is 2.96. The fraction of sp³-hybridized carbons (Fsp3) is 0.269. The third kappa shape index (κ3) is 5.14. The summed E-state index contributed by atoms with van der Waals surface area (Å²) in [6.07, 6.45) is 4.74. The number of nitrogens with one attached hydrogen (secondary N) is 1. The molecule has 2 aromatic carbocycles. The van der Waals surface area contributed by atoms with Crippen LogP contribution in [0.5, 0.6) is 5.75 Å². The minimum Gasteiger partial charge on any atom is -0.493 e. The summed E-state index contributed by atoms with van der Waals surface area (Å²) in [6, 6.07) is 17.9. The maximum Gasteiger partial charge on any atom is 0.252 e. The van der Waals surface area contributed by atoms with Crippen molar-refractivity contribution < 1.29 is 9.53 Å². The molecule has 0 radical (unpaired) electrons. The lowest BCUT2D eigenvalue weighted by molar-refractivity contribution is 0.0953. The van der Waals surface area contributed by atoms with Crippen LogP contribution in [0.1, 0.15) is 33.7 Å². The molecule has 6 nitrogen and oxygen atoms in total. The summed E-state index contributed by atoms with van der Waals surface area (Å²) in [6.45, 7) is 6.08. The van der Waals surface area contributed by atoms with E-state index in [1.54, 1.807) is 24.5 Å². The highest BCUT2D eigenvalue weighted by Crippen LogP contribution is 2.20. The van der Waals surface area contributed by atoms with Crippen molar-refractivity contribution in [2.75, 3.05) is 13.2 Å². The number of fused-ring (bicyclic) bond motifs is 1. The van der Waals surface area contributed by atoms with Gasteiger partial charge >= 0.3 is 0 Å². The lowest BCUT2D eigenvalue weighted by Crippen LogP contribution is -2.26. The molecule has 1 amide bonds. The summed E-state index contributed by atoms with van der Waals surface area (Å²) >= 11 is 0. The van der Waals surface area contributed by atoms with Crippen LogP contribution in [0.25, 0.3) is 11.0 Å². The van der Waals surface area contributed by atoms with Gasteiger partial charge in [-0.3, -0.25) is 9.78 Å². The van der Waals surface area contributed by atoms with Crippen LogP contribution in [-0.4, -0.2) is 33.6 Å². The largest absolute Gasteiger partial charge is 0.493 e. The molecule has 1 N–H and O–H groups in total. The van der Waals surface area contributed by atoms with Gasteiger partial charge in [-0.05, 0) is 61.7 Å². The van der Waals surface area contributed by atoms with Crippen molar-refractivity contribution >= 4 is 16.9 Å². The molecule has 0 aliphatic rings. The third-order valence-electron chi connectivity index (χ3n) is 5.42. The lowest BCUT2D eigenvalue weighted by Gasteiger charge is -2.12. The number of hydrogen-bond donors (Lipinski definition) is 1. The van der Waals surface area contributed by atoms with E-state index in [1.807, 2.05) is 18.2 Å². The minimum atomic E-state index is -0.123. The maximum atomic E-state index is 12.3. The molecular formula is C26H28N4O2. The zero-order valence-corrected chi connectivity index (χ0v) is 18.5. The monoisotopic (exact) mass is 428 g/mol. The Bertz CT molecular complexity index is 1200. The Balaban J connectivity index is 1.39. The molecule has 0 bridgehead atoms. The summed E-state index contributed by atoms with van der Waals surface area (Å²) < 4.78 is 8.27. The Morgan fingerprint density at radius 2 is 1.97 bits per heavy atom. The molecule has 0 aliphatic carbocycles. The summed E-state index contributed by atoms with van der Waals surface area (Å²) in [4.78, 5) is 21.1. The van der Waals surface area contributed by atoms with Crippen molar-refractivity contribution in [1.29, 1.82) is 0 Å². The van der Waals surface area contributed by atoms with Gasteiger partial charge in [-0.25, -0.2) is 4.98 Å². The topological polar surface area (TPSA) is 69.0 Å². The number of carbonyl (C=O) groups is 1. The quantitative estimate of drug-likeness (QED) is 0.399. The Morgan fingerprint density at radius 1 is 1.09 bits per heavy atom. The van der Waals surface area contributed by atoms with Gasteiger partial charge < -0.3 is 14.6 Å². The van der Waals surface area contributed by atoms with Crippen molar-refractivity contribution in [3.63, 3.8) is 0 Å². The smallest absolute Gasteiger partial charge is 0.252 e. The van der Waals surface area contributed by atoms with Crippen LogP contribution in [0.15, 0.2) is 67.0 Å². The number of para-hydroxylation sites is 2. The van der Waals surface area contributed by atoms with E-state index in [-0.39, 0.29) is 5.91 Å². The van der Waals surface area contributed by atoms with Gasteiger partial charge in [0.15, 0.2) is 0 Å². The van der Waals surface area contributed by atoms with Crippen LogP contribution < -0.4 is 10.1 Å².